The van der Waals surface area contributed by atoms with Gasteiger partial charge in [0.15, 0.2) is 0 Å². The maximum absolute atomic E-state index is 12.6. The molecule has 0 unspecified atom stereocenters. The number of sulfonamides is 1. The Morgan fingerprint density at radius 1 is 1.28 bits per heavy atom. The van der Waals surface area contributed by atoms with Crippen molar-refractivity contribution in [2.45, 2.75) is 11.8 Å². The van der Waals surface area contributed by atoms with Gasteiger partial charge in [-0.3, -0.25) is 9.62 Å². The predicted molar refractivity (Wildman–Crippen MR) is 93.5 cm³/mol. The van der Waals surface area contributed by atoms with Gasteiger partial charge in [-0.1, -0.05) is 6.07 Å². The lowest BCUT2D eigenvalue weighted by atomic mass is 10.1. The van der Waals surface area contributed by atoms with Crippen LogP contribution in [0.1, 0.15) is 5.56 Å². The third-order valence-electron chi connectivity index (χ3n) is 3.93. The molecule has 0 radical (unpaired) electrons. The molecule has 0 atom stereocenters. The molecule has 9 heteroatoms. The predicted octanol–water partition coefficient (Wildman–Crippen LogP) is 1.73. The van der Waals surface area contributed by atoms with Crippen LogP contribution in [-0.2, 0) is 10.0 Å². The summed E-state index contributed by atoms with van der Waals surface area (Å²) in [6, 6.07) is 7.85. The number of amides is 2. The van der Waals surface area contributed by atoms with Crippen LogP contribution < -0.4 is 19.7 Å². The van der Waals surface area contributed by atoms with Gasteiger partial charge in [0.25, 0.3) is 10.0 Å². The number of aromatic nitrogens is 1. The van der Waals surface area contributed by atoms with Gasteiger partial charge in [0.05, 0.1) is 24.7 Å². The van der Waals surface area contributed by atoms with Crippen LogP contribution in [-0.4, -0.2) is 39.6 Å². The summed E-state index contributed by atoms with van der Waals surface area (Å²) in [5.74, 6) is 0.331. The molecule has 1 fully saturated rings. The van der Waals surface area contributed by atoms with Crippen LogP contribution >= 0.6 is 0 Å². The largest absolute Gasteiger partial charge is 0.481 e. The number of carbonyl (C=O) groups excluding carboxylic acids is 1. The van der Waals surface area contributed by atoms with E-state index < -0.39 is 10.0 Å². The quantitative estimate of drug-likeness (QED) is 0.844. The number of anilines is 2. The molecule has 2 amide bonds. The second-order valence-electron chi connectivity index (χ2n) is 5.48. The van der Waals surface area contributed by atoms with Gasteiger partial charge in [0, 0.05) is 19.2 Å². The fourth-order valence-corrected chi connectivity index (χ4v) is 3.65. The molecule has 1 aliphatic rings. The number of ether oxygens (including phenoxy) is 1. The van der Waals surface area contributed by atoms with Crippen molar-refractivity contribution in [3.05, 3.63) is 42.1 Å². The Balaban J connectivity index is 1.90. The van der Waals surface area contributed by atoms with Gasteiger partial charge in [-0.2, -0.15) is 0 Å². The molecule has 132 valence electrons. The topological polar surface area (TPSA) is 101 Å². The number of rotatable bonds is 5. The molecule has 2 heterocycles. The monoisotopic (exact) mass is 362 g/mol. The zero-order valence-electron chi connectivity index (χ0n) is 13.8. The summed E-state index contributed by atoms with van der Waals surface area (Å²) in [4.78, 5) is 17.4. The smallest absolute Gasteiger partial charge is 0.322 e. The van der Waals surface area contributed by atoms with E-state index in [1.54, 1.807) is 30.0 Å². The van der Waals surface area contributed by atoms with Gasteiger partial charge >= 0.3 is 6.03 Å². The normalized spacial score (nSPS) is 14.3. The highest BCUT2D eigenvalue weighted by atomic mass is 32.2. The van der Waals surface area contributed by atoms with Crippen LogP contribution in [0.25, 0.3) is 0 Å². The number of benzene rings is 1. The third-order valence-corrected chi connectivity index (χ3v) is 5.28. The lowest BCUT2D eigenvalue weighted by Crippen LogP contribution is -2.28. The van der Waals surface area contributed by atoms with Gasteiger partial charge in [-0.05, 0) is 30.7 Å². The number of hydrogen-bond acceptors (Lipinski definition) is 5. The van der Waals surface area contributed by atoms with Crippen LogP contribution in [0.15, 0.2) is 41.4 Å². The minimum atomic E-state index is -3.80. The Bertz CT molecular complexity index is 897. The van der Waals surface area contributed by atoms with E-state index >= 15 is 0 Å². The third kappa shape index (κ3) is 3.36. The average Bonchev–Trinajstić information content (AvgIpc) is 3.02. The zero-order chi connectivity index (χ0) is 18.0. The number of urea groups is 1. The minimum Gasteiger partial charge on any atom is -0.481 e. The minimum absolute atomic E-state index is 0.0250. The molecule has 1 aromatic carbocycles. The van der Waals surface area contributed by atoms with Crippen molar-refractivity contribution in [2.24, 2.45) is 0 Å². The first-order valence-electron chi connectivity index (χ1n) is 7.60. The maximum atomic E-state index is 12.6. The Labute approximate surface area is 145 Å². The summed E-state index contributed by atoms with van der Waals surface area (Å²) in [6.07, 6.45) is 1.23. The highest BCUT2D eigenvalue weighted by Crippen LogP contribution is 2.29. The second-order valence-corrected chi connectivity index (χ2v) is 7.16. The van der Waals surface area contributed by atoms with Crippen molar-refractivity contribution >= 4 is 27.4 Å². The summed E-state index contributed by atoms with van der Waals surface area (Å²) in [5.41, 5.74) is 1.75. The van der Waals surface area contributed by atoms with E-state index in [2.05, 4.69) is 15.0 Å². The molecule has 0 bridgehead atoms. The molecule has 0 spiro atoms. The van der Waals surface area contributed by atoms with E-state index in [0.29, 0.717) is 35.9 Å². The lowest BCUT2D eigenvalue weighted by molar-refractivity contribution is 0.252. The Morgan fingerprint density at radius 3 is 2.68 bits per heavy atom. The summed E-state index contributed by atoms with van der Waals surface area (Å²) in [7, 11) is -2.35. The summed E-state index contributed by atoms with van der Waals surface area (Å²) in [6.45, 7) is 2.87. The van der Waals surface area contributed by atoms with E-state index in [1.807, 2.05) is 0 Å². The maximum Gasteiger partial charge on any atom is 0.322 e. The van der Waals surface area contributed by atoms with Crippen LogP contribution in [0.4, 0.5) is 16.2 Å². The van der Waals surface area contributed by atoms with E-state index in [-0.39, 0.29) is 10.9 Å². The highest BCUT2D eigenvalue weighted by Gasteiger charge is 2.24. The molecule has 3 rings (SSSR count). The van der Waals surface area contributed by atoms with Crippen LogP contribution in [0.5, 0.6) is 5.88 Å². The molecule has 25 heavy (non-hydrogen) atoms. The van der Waals surface area contributed by atoms with Crippen molar-refractivity contribution in [3.63, 3.8) is 0 Å². The second kappa shape index (κ2) is 6.60. The van der Waals surface area contributed by atoms with Crippen LogP contribution in [0.3, 0.4) is 0 Å². The van der Waals surface area contributed by atoms with Crippen molar-refractivity contribution < 1.29 is 17.9 Å². The first-order chi connectivity index (χ1) is 11.9. The van der Waals surface area contributed by atoms with Crippen LogP contribution in [0.2, 0.25) is 0 Å². The number of nitrogens with zero attached hydrogens (tertiary/aromatic N) is 2. The fourth-order valence-electron chi connectivity index (χ4n) is 2.58. The van der Waals surface area contributed by atoms with Gasteiger partial charge in [0.2, 0.25) is 5.88 Å². The molecule has 0 saturated carbocycles. The van der Waals surface area contributed by atoms with E-state index in [1.165, 1.54) is 25.4 Å². The molecule has 2 aromatic rings. The summed E-state index contributed by atoms with van der Waals surface area (Å²) < 4.78 is 32.6. The molecule has 1 aromatic heterocycles. The highest BCUT2D eigenvalue weighted by molar-refractivity contribution is 7.92. The number of methoxy groups -OCH3 is 1. The van der Waals surface area contributed by atoms with Gasteiger partial charge in [0.1, 0.15) is 4.90 Å². The zero-order valence-corrected chi connectivity index (χ0v) is 14.6. The first kappa shape index (κ1) is 17.0. The van der Waals surface area contributed by atoms with Gasteiger partial charge in [-0.15, -0.1) is 0 Å². The van der Waals surface area contributed by atoms with E-state index in [0.717, 1.165) is 0 Å². The number of carbonyl (C=O) groups is 1. The molecule has 0 aliphatic carbocycles. The lowest BCUT2D eigenvalue weighted by Gasteiger charge is -2.19. The summed E-state index contributed by atoms with van der Waals surface area (Å²) in [5, 5.41) is 2.73. The van der Waals surface area contributed by atoms with Crippen molar-refractivity contribution in [1.82, 2.24) is 10.3 Å². The van der Waals surface area contributed by atoms with Gasteiger partial charge in [-0.25, -0.2) is 18.2 Å². The molecular formula is C16H18N4O4S. The Kier molecular flexibility index (Phi) is 4.49. The standard InChI is InChI=1S/C16H18N4O4S/c1-11-13(4-3-5-14(11)20-9-8-17-16(20)21)19-25(22,23)12-6-7-15(24-2)18-10-12/h3-7,10,19H,8-9H2,1-2H3,(H,17,21). The van der Waals surface area contributed by atoms with Crippen LogP contribution in [0, 0.1) is 6.92 Å². The molecule has 2 N–H and O–H groups in total. The number of nitrogens with one attached hydrogen (secondary N) is 2. The average molecular weight is 362 g/mol. The van der Waals surface area contributed by atoms with Gasteiger partial charge < -0.3 is 10.1 Å². The Hall–Kier alpha value is -2.81. The van der Waals surface area contributed by atoms with Crippen molar-refractivity contribution in [1.29, 1.82) is 0 Å². The molecular weight excluding hydrogens is 344 g/mol. The molecule has 8 nitrogen and oxygen atoms in total. The van der Waals surface area contributed by atoms with E-state index in [4.69, 9.17) is 4.74 Å². The number of pyridine rings is 1. The molecule has 1 aliphatic heterocycles. The first-order valence-corrected chi connectivity index (χ1v) is 9.08. The fraction of sp³-hybridized carbons (Fsp3) is 0.250. The number of hydrogen-bond donors (Lipinski definition) is 2. The SMILES string of the molecule is COc1ccc(S(=O)(=O)Nc2cccc(N3CCNC3=O)c2C)cn1. The van der Waals surface area contributed by atoms with Crippen molar-refractivity contribution in [3.8, 4) is 5.88 Å². The van der Waals surface area contributed by atoms with Crippen molar-refractivity contribution in [2.75, 3.05) is 29.8 Å². The summed E-state index contributed by atoms with van der Waals surface area (Å²) >= 11 is 0. The van der Waals surface area contributed by atoms with E-state index in [9.17, 15) is 13.2 Å². The molecule has 1 saturated heterocycles. The Morgan fingerprint density at radius 2 is 2.08 bits per heavy atom.